The first kappa shape index (κ1) is 15.5. The Bertz CT molecular complexity index is 892. The predicted molar refractivity (Wildman–Crippen MR) is 98.2 cm³/mol. The second-order valence-electron chi connectivity index (χ2n) is 6.22. The van der Waals surface area contributed by atoms with E-state index < -0.39 is 0 Å². The minimum Gasteiger partial charge on any atom is -0.299 e. The number of aromatic nitrogens is 4. The van der Waals surface area contributed by atoms with Gasteiger partial charge in [0.15, 0.2) is 5.82 Å². The van der Waals surface area contributed by atoms with Crippen molar-refractivity contribution < 1.29 is 0 Å². The van der Waals surface area contributed by atoms with Crippen LogP contribution in [0.2, 0.25) is 0 Å². The summed E-state index contributed by atoms with van der Waals surface area (Å²) in [5.74, 6) is 0.828. The maximum Gasteiger partial charge on any atom is 0.235 e. The van der Waals surface area contributed by atoms with Gasteiger partial charge < -0.3 is 0 Å². The van der Waals surface area contributed by atoms with Crippen LogP contribution < -0.4 is 0 Å². The van der Waals surface area contributed by atoms with Crippen molar-refractivity contribution in [1.82, 2.24) is 24.7 Å². The Kier molecular flexibility index (Phi) is 4.16. The molecule has 0 unspecified atom stereocenters. The summed E-state index contributed by atoms with van der Waals surface area (Å²) in [5, 5.41) is 14.6. The van der Waals surface area contributed by atoms with Gasteiger partial charge in [-0.1, -0.05) is 48.6 Å². The fourth-order valence-corrected chi connectivity index (χ4v) is 4.07. The molecule has 0 spiro atoms. The molecule has 6 heteroatoms. The van der Waals surface area contributed by atoms with Gasteiger partial charge in [-0.05, 0) is 37.4 Å². The Morgan fingerprint density at radius 1 is 1.21 bits per heavy atom. The molecule has 0 radical (unpaired) electrons. The molecule has 1 aromatic carbocycles. The predicted octanol–water partition coefficient (Wildman–Crippen LogP) is 3.66. The number of fused-ring (bicyclic) bond motifs is 1. The highest BCUT2D eigenvalue weighted by Crippen LogP contribution is 2.29. The van der Waals surface area contributed by atoms with Gasteiger partial charge >= 0.3 is 0 Å². The van der Waals surface area contributed by atoms with Gasteiger partial charge in [-0.2, -0.15) is 9.61 Å². The first-order valence-corrected chi connectivity index (χ1v) is 9.28. The lowest BCUT2D eigenvalue weighted by Gasteiger charge is -2.24. The molecule has 1 aliphatic rings. The Morgan fingerprint density at radius 2 is 2.08 bits per heavy atom. The average molecular weight is 339 g/mol. The molecule has 0 N–H and O–H groups in total. The summed E-state index contributed by atoms with van der Waals surface area (Å²) >= 11 is 1.63. The summed E-state index contributed by atoms with van der Waals surface area (Å²) in [7, 11) is 0. The van der Waals surface area contributed by atoms with Gasteiger partial charge in [0.2, 0.25) is 4.96 Å². The van der Waals surface area contributed by atoms with Crippen LogP contribution in [-0.4, -0.2) is 44.3 Å². The standard InChI is InChI=1S/C18H21N5S/c1-3-10-22-11-8-14(9-12-22)17-21-23-16(19-20-18(23)24-17)15-7-5-4-6-13(15)2/h4-8H,3,9-12H2,1-2H3. The molecule has 0 amide bonds. The number of nitrogens with zero attached hydrogens (tertiary/aromatic N) is 5. The van der Waals surface area contributed by atoms with Gasteiger partial charge in [-0.15, -0.1) is 10.2 Å². The maximum absolute atomic E-state index is 4.81. The molecule has 3 heterocycles. The fourth-order valence-electron chi connectivity index (χ4n) is 3.16. The summed E-state index contributed by atoms with van der Waals surface area (Å²) in [6.07, 6.45) is 4.59. The molecule has 0 saturated carbocycles. The van der Waals surface area contributed by atoms with Gasteiger partial charge in [0.1, 0.15) is 5.01 Å². The molecular formula is C18H21N5S. The number of hydrogen-bond acceptors (Lipinski definition) is 5. The molecule has 0 fully saturated rings. The molecule has 2 aromatic heterocycles. The topological polar surface area (TPSA) is 46.3 Å². The van der Waals surface area contributed by atoms with Crippen molar-refractivity contribution in [2.75, 3.05) is 19.6 Å². The van der Waals surface area contributed by atoms with Gasteiger partial charge in [0.05, 0.1) is 0 Å². The second kappa shape index (κ2) is 6.45. The van der Waals surface area contributed by atoms with E-state index in [0.717, 1.165) is 40.9 Å². The van der Waals surface area contributed by atoms with E-state index >= 15 is 0 Å². The lowest BCUT2D eigenvalue weighted by atomic mass is 10.1. The Hall–Kier alpha value is -2.05. The van der Waals surface area contributed by atoms with Gasteiger partial charge in [0.25, 0.3) is 0 Å². The van der Waals surface area contributed by atoms with E-state index in [4.69, 9.17) is 5.10 Å². The minimum absolute atomic E-state index is 0.828. The number of aryl methyl sites for hydroxylation is 1. The molecule has 0 bridgehead atoms. The largest absolute Gasteiger partial charge is 0.299 e. The Labute approximate surface area is 145 Å². The third kappa shape index (κ3) is 2.76. The Balaban J connectivity index is 1.67. The first-order chi connectivity index (χ1) is 11.8. The van der Waals surface area contributed by atoms with Crippen molar-refractivity contribution in [2.45, 2.75) is 26.7 Å². The van der Waals surface area contributed by atoms with E-state index in [2.05, 4.69) is 47.2 Å². The zero-order valence-electron chi connectivity index (χ0n) is 14.1. The minimum atomic E-state index is 0.828. The first-order valence-electron chi connectivity index (χ1n) is 8.46. The molecule has 0 atom stereocenters. The van der Waals surface area contributed by atoms with Crippen LogP contribution in [0.3, 0.4) is 0 Å². The smallest absolute Gasteiger partial charge is 0.235 e. The van der Waals surface area contributed by atoms with Crippen molar-refractivity contribution in [2.24, 2.45) is 0 Å². The van der Waals surface area contributed by atoms with Crippen molar-refractivity contribution in [3.05, 3.63) is 40.9 Å². The molecule has 4 rings (SSSR count). The van der Waals surface area contributed by atoms with Gasteiger partial charge in [-0.3, -0.25) is 4.90 Å². The van der Waals surface area contributed by atoms with Crippen LogP contribution in [-0.2, 0) is 0 Å². The van der Waals surface area contributed by atoms with Crippen molar-refractivity contribution in [3.8, 4) is 11.4 Å². The summed E-state index contributed by atoms with van der Waals surface area (Å²) in [4.78, 5) is 3.35. The average Bonchev–Trinajstić information content (AvgIpc) is 3.17. The number of rotatable bonds is 4. The van der Waals surface area contributed by atoms with Crippen LogP contribution in [0.4, 0.5) is 0 Å². The van der Waals surface area contributed by atoms with E-state index in [1.54, 1.807) is 11.3 Å². The summed E-state index contributed by atoms with van der Waals surface area (Å²) in [6, 6.07) is 8.24. The van der Waals surface area contributed by atoms with E-state index in [1.807, 2.05) is 16.6 Å². The van der Waals surface area contributed by atoms with E-state index in [1.165, 1.54) is 24.1 Å². The van der Waals surface area contributed by atoms with Crippen LogP contribution in [0.5, 0.6) is 0 Å². The van der Waals surface area contributed by atoms with Gasteiger partial charge in [0, 0.05) is 18.7 Å². The molecule has 0 aliphatic carbocycles. The molecular weight excluding hydrogens is 318 g/mol. The van der Waals surface area contributed by atoms with Gasteiger partial charge in [-0.25, -0.2) is 0 Å². The van der Waals surface area contributed by atoms with E-state index in [0.29, 0.717) is 0 Å². The molecule has 5 nitrogen and oxygen atoms in total. The highest BCUT2D eigenvalue weighted by atomic mass is 32.1. The lowest BCUT2D eigenvalue weighted by molar-refractivity contribution is 0.302. The zero-order chi connectivity index (χ0) is 16.5. The highest BCUT2D eigenvalue weighted by molar-refractivity contribution is 7.17. The molecule has 0 saturated heterocycles. The monoisotopic (exact) mass is 339 g/mol. The molecule has 1 aliphatic heterocycles. The van der Waals surface area contributed by atoms with Crippen LogP contribution in [0.25, 0.3) is 21.9 Å². The van der Waals surface area contributed by atoms with Crippen LogP contribution in [0.15, 0.2) is 30.3 Å². The Morgan fingerprint density at radius 3 is 2.83 bits per heavy atom. The maximum atomic E-state index is 4.81. The van der Waals surface area contributed by atoms with E-state index in [-0.39, 0.29) is 0 Å². The summed E-state index contributed by atoms with van der Waals surface area (Å²) in [6.45, 7) is 7.63. The van der Waals surface area contributed by atoms with Crippen molar-refractivity contribution >= 4 is 21.9 Å². The fraction of sp³-hybridized carbons (Fsp3) is 0.389. The van der Waals surface area contributed by atoms with Crippen LogP contribution >= 0.6 is 11.3 Å². The quantitative estimate of drug-likeness (QED) is 0.728. The van der Waals surface area contributed by atoms with Crippen molar-refractivity contribution in [1.29, 1.82) is 0 Å². The molecule has 3 aromatic rings. The second-order valence-corrected chi connectivity index (χ2v) is 7.18. The zero-order valence-corrected chi connectivity index (χ0v) is 14.9. The SMILES string of the molecule is CCCN1CC=C(c2nn3c(-c4ccccc4C)nnc3s2)CC1. The third-order valence-corrected chi connectivity index (χ3v) is 5.46. The van der Waals surface area contributed by atoms with Crippen LogP contribution in [0.1, 0.15) is 30.3 Å². The third-order valence-electron chi connectivity index (χ3n) is 4.48. The number of benzene rings is 1. The number of hydrogen-bond donors (Lipinski definition) is 0. The summed E-state index contributed by atoms with van der Waals surface area (Å²) < 4.78 is 1.89. The molecule has 124 valence electrons. The van der Waals surface area contributed by atoms with E-state index in [9.17, 15) is 0 Å². The summed E-state index contributed by atoms with van der Waals surface area (Å²) in [5.41, 5.74) is 3.62. The lowest BCUT2D eigenvalue weighted by Crippen LogP contribution is -2.29. The normalized spacial score (nSPS) is 15.8. The van der Waals surface area contributed by atoms with Crippen molar-refractivity contribution in [3.63, 3.8) is 0 Å². The highest BCUT2D eigenvalue weighted by Gasteiger charge is 2.19. The molecule has 24 heavy (non-hydrogen) atoms. The van der Waals surface area contributed by atoms with Crippen LogP contribution in [0, 0.1) is 6.92 Å².